The summed E-state index contributed by atoms with van der Waals surface area (Å²) >= 11 is 12.0. The van der Waals surface area contributed by atoms with Crippen LogP contribution in [0.1, 0.15) is 11.7 Å². The predicted molar refractivity (Wildman–Crippen MR) is 114 cm³/mol. The summed E-state index contributed by atoms with van der Waals surface area (Å²) in [6, 6.07) is 4.62. The summed E-state index contributed by atoms with van der Waals surface area (Å²) < 4.78 is 5.95. The fourth-order valence-corrected chi connectivity index (χ4v) is 4.45. The molecule has 1 aromatic rings. The average molecular weight is 469 g/mol. The Morgan fingerprint density at radius 2 is 2.13 bits per heavy atom. The van der Waals surface area contributed by atoms with Crippen molar-refractivity contribution in [2.24, 2.45) is 10.9 Å². The molecule has 1 aromatic carbocycles. The molecule has 0 amide bonds. The Bertz CT molecular complexity index is 952. The van der Waals surface area contributed by atoms with Crippen LogP contribution in [0.4, 0.5) is 0 Å². The number of benzene rings is 1. The van der Waals surface area contributed by atoms with Gasteiger partial charge in [0.05, 0.1) is 35.9 Å². The summed E-state index contributed by atoms with van der Waals surface area (Å²) in [5, 5.41) is 36.0. The van der Waals surface area contributed by atoms with Gasteiger partial charge in [-0.2, -0.15) is 0 Å². The molecule has 3 aliphatic rings. The van der Waals surface area contributed by atoms with Crippen molar-refractivity contribution >= 4 is 29.0 Å². The van der Waals surface area contributed by atoms with E-state index >= 15 is 0 Å². The van der Waals surface area contributed by atoms with Gasteiger partial charge >= 0.3 is 0 Å². The van der Waals surface area contributed by atoms with Crippen LogP contribution in [0.15, 0.2) is 35.0 Å². The van der Waals surface area contributed by atoms with Gasteiger partial charge in [-0.15, -0.1) is 6.42 Å². The average Bonchev–Trinajstić information content (AvgIpc) is 3.28. The molecule has 0 saturated carbocycles. The lowest BCUT2D eigenvalue weighted by molar-refractivity contribution is -0.114. The number of hydroxylamine groups is 1. The van der Waals surface area contributed by atoms with Crippen LogP contribution in [-0.4, -0.2) is 70.5 Å². The zero-order valence-electron chi connectivity index (χ0n) is 16.4. The van der Waals surface area contributed by atoms with E-state index in [4.69, 9.17) is 39.2 Å². The highest BCUT2D eigenvalue weighted by atomic mass is 35.5. The Labute approximate surface area is 189 Å². The van der Waals surface area contributed by atoms with E-state index in [9.17, 15) is 15.3 Å². The lowest BCUT2D eigenvalue weighted by Crippen LogP contribution is -2.57. The van der Waals surface area contributed by atoms with Gasteiger partial charge in [0.2, 0.25) is 0 Å². The molecule has 0 spiro atoms. The summed E-state index contributed by atoms with van der Waals surface area (Å²) in [6.45, 7) is 0.287. The largest absolute Gasteiger partial charge is 0.387 e. The van der Waals surface area contributed by atoms with Crippen molar-refractivity contribution in [1.82, 2.24) is 15.7 Å². The van der Waals surface area contributed by atoms with Crippen molar-refractivity contribution in [3.63, 3.8) is 0 Å². The second-order valence-corrected chi connectivity index (χ2v) is 8.22. The Balaban J connectivity index is 1.58. The Morgan fingerprint density at radius 3 is 2.81 bits per heavy atom. The highest BCUT2D eigenvalue weighted by Gasteiger charge is 2.53. The smallest absolute Gasteiger partial charge is 0.160 e. The van der Waals surface area contributed by atoms with Gasteiger partial charge in [-0.1, -0.05) is 35.2 Å². The SMILES string of the molecule is C#CC1=CN([C@@H]2O[C@H]([C@H](O)c3ccc(Cl)c(Cl)c3)[C@@H](O)[C@H]2O)C2NCN=C(NOC)C12. The van der Waals surface area contributed by atoms with Crippen LogP contribution < -0.4 is 10.8 Å². The van der Waals surface area contributed by atoms with Crippen LogP contribution in [0.5, 0.6) is 0 Å². The number of hydrogen-bond acceptors (Lipinski definition) is 9. The number of aliphatic hydroxyl groups is 3. The maximum Gasteiger partial charge on any atom is 0.160 e. The summed E-state index contributed by atoms with van der Waals surface area (Å²) in [5.74, 6) is 2.81. The number of rotatable bonds is 4. The van der Waals surface area contributed by atoms with Gasteiger partial charge in [0.25, 0.3) is 0 Å². The van der Waals surface area contributed by atoms with Crippen molar-refractivity contribution in [2.45, 2.75) is 36.8 Å². The molecule has 11 heteroatoms. The standard InChI is InChI=1S/C20H22Cl2N4O5/c1-3-9-7-26(19-13(9)18(25-30-2)23-8-24-19)20-16(29)15(28)17(31-20)14(27)10-4-5-11(21)12(22)6-10/h1,4-7,13-17,19-20,24,27-29H,8H2,2H3,(H,23,25)/t13?,14-,15+,16-,17-,19?,20-/m1/s1. The second-order valence-electron chi connectivity index (χ2n) is 7.40. The van der Waals surface area contributed by atoms with E-state index < -0.39 is 36.8 Å². The van der Waals surface area contributed by atoms with E-state index in [1.807, 2.05) is 0 Å². The zero-order valence-corrected chi connectivity index (χ0v) is 18.0. The first kappa shape index (κ1) is 22.3. The number of aliphatic hydroxyl groups excluding tert-OH is 3. The second kappa shape index (κ2) is 8.94. The molecule has 31 heavy (non-hydrogen) atoms. The molecule has 0 radical (unpaired) electrons. The maximum atomic E-state index is 10.8. The fourth-order valence-electron chi connectivity index (χ4n) is 4.14. The number of hydrogen-bond donors (Lipinski definition) is 5. The highest BCUT2D eigenvalue weighted by Crippen LogP contribution is 2.39. The monoisotopic (exact) mass is 468 g/mol. The number of amidine groups is 1. The van der Waals surface area contributed by atoms with Crippen molar-refractivity contribution in [1.29, 1.82) is 0 Å². The van der Waals surface area contributed by atoms with Crippen LogP contribution in [-0.2, 0) is 9.57 Å². The third kappa shape index (κ3) is 3.91. The topological polar surface area (TPSA) is 119 Å². The minimum absolute atomic E-state index is 0.260. The molecule has 1 saturated heterocycles. The summed E-state index contributed by atoms with van der Waals surface area (Å²) in [4.78, 5) is 11.0. The van der Waals surface area contributed by atoms with Gasteiger partial charge in [-0.05, 0) is 17.7 Å². The first-order chi connectivity index (χ1) is 14.9. The lowest BCUT2D eigenvalue weighted by atomic mass is 9.97. The molecular weight excluding hydrogens is 447 g/mol. The van der Waals surface area contributed by atoms with Crippen LogP contribution >= 0.6 is 23.2 Å². The van der Waals surface area contributed by atoms with E-state index in [2.05, 4.69) is 21.7 Å². The molecule has 9 nitrogen and oxygen atoms in total. The minimum atomic E-state index is -1.36. The van der Waals surface area contributed by atoms with Gasteiger partial charge in [0.15, 0.2) is 6.23 Å². The molecule has 3 heterocycles. The number of nitrogens with zero attached hydrogens (tertiary/aromatic N) is 2. The molecule has 0 bridgehead atoms. The van der Waals surface area contributed by atoms with Gasteiger partial charge in [0, 0.05) is 11.8 Å². The van der Waals surface area contributed by atoms with Gasteiger partial charge < -0.3 is 25.0 Å². The minimum Gasteiger partial charge on any atom is -0.387 e. The zero-order chi connectivity index (χ0) is 22.3. The molecule has 2 unspecified atom stereocenters. The maximum absolute atomic E-state index is 10.8. The first-order valence-electron chi connectivity index (χ1n) is 9.54. The van der Waals surface area contributed by atoms with E-state index in [-0.39, 0.29) is 17.6 Å². The van der Waals surface area contributed by atoms with Crippen LogP contribution in [0, 0.1) is 18.3 Å². The van der Waals surface area contributed by atoms with E-state index in [0.29, 0.717) is 22.0 Å². The number of ether oxygens (including phenoxy) is 1. The Morgan fingerprint density at radius 1 is 1.35 bits per heavy atom. The van der Waals surface area contributed by atoms with Crippen molar-refractivity contribution < 1.29 is 24.9 Å². The summed E-state index contributed by atoms with van der Waals surface area (Å²) in [5.41, 5.74) is 3.74. The Hall–Kier alpha value is -1.87. The lowest BCUT2D eigenvalue weighted by Gasteiger charge is -2.37. The summed E-state index contributed by atoms with van der Waals surface area (Å²) in [6.07, 6.45) is 0.987. The number of nitrogens with one attached hydrogen (secondary N) is 2. The van der Waals surface area contributed by atoms with Crippen molar-refractivity contribution in [3.8, 4) is 12.3 Å². The molecule has 166 valence electrons. The van der Waals surface area contributed by atoms with Gasteiger partial charge in [0.1, 0.15) is 30.3 Å². The fraction of sp³-hybridized carbons (Fsp3) is 0.450. The number of aliphatic imine (C=N–C) groups is 1. The van der Waals surface area contributed by atoms with E-state index in [1.165, 1.54) is 13.2 Å². The highest BCUT2D eigenvalue weighted by molar-refractivity contribution is 6.42. The number of terminal acetylenes is 1. The normalized spacial score (nSPS) is 33.4. The molecule has 4 rings (SSSR count). The van der Waals surface area contributed by atoms with Crippen LogP contribution in [0.2, 0.25) is 10.0 Å². The van der Waals surface area contributed by atoms with Gasteiger partial charge in [-0.3, -0.25) is 20.6 Å². The summed E-state index contributed by atoms with van der Waals surface area (Å²) in [7, 11) is 1.47. The quantitative estimate of drug-likeness (QED) is 0.317. The van der Waals surface area contributed by atoms with Crippen LogP contribution in [0.3, 0.4) is 0 Å². The predicted octanol–water partition coefficient (Wildman–Crippen LogP) is 0.359. The number of halogens is 2. The van der Waals surface area contributed by atoms with E-state index in [0.717, 1.165) is 0 Å². The molecular formula is C20H22Cl2N4O5. The van der Waals surface area contributed by atoms with Crippen LogP contribution in [0.25, 0.3) is 0 Å². The molecule has 0 aromatic heterocycles. The molecule has 0 aliphatic carbocycles. The van der Waals surface area contributed by atoms with Crippen molar-refractivity contribution in [3.05, 3.63) is 45.6 Å². The Kier molecular flexibility index (Phi) is 6.44. The third-order valence-electron chi connectivity index (χ3n) is 5.64. The molecule has 7 atom stereocenters. The molecule has 3 aliphatic heterocycles. The van der Waals surface area contributed by atoms with Gasteiger partial charge in [-0.25, -0.2) is 0 Å². The number of fused-ring (bicyclic) bond motifs is 1. The molecule has 5 N–H and O–H groups in total. The molecule has 1 fully saturated rings. The van der Waals surface area contributed by atoms with Crippen molar-refractivity contribution in [2.75, 3.05) is 13.8 Å². The first-order valence-corrected chi connectivity index (χ1v) is 10.3. The van der Waals surface area contributed by atoms with E-state index in [1.54, 1.807) is 23.2 Å². The third-order valence-corrected chi connectivity index (χ3v) is 6.38.